The second-order valence-electron chi connectivity index (χ2n) is 9.68. The lowest BCUT2D eigenvalue weighted by Crippen LogP contribution is -2.41. The van der Waals surface area contributed by atoms with Crippen LogP contribution in [-0.2, 0) is 9.47 Å². The second kappa shape index (κ2) is 14.9. The van der Waals surface area contributed by atoms with E-state index in [1.165, 1.54) is 56.9 Å². The van der Waals surface area contributed by atoms with Crippen molar-refractivity contribution in [1.82, 2.24) is 14.5 Å². The number of hydrogen-bond acceptors (Lipinski definition) is 9. The molecule has 40 heavy (non-hydrogen) atoms. The molecule has 3 N–H and O–H groups in total. The Balaban J connectivity index is 1.50. The number of aromatic nitrogens is 3. The summed E-state index contributed by atoms with van der Waals surface area (Å²) in [4.78, 5) is 44.9. The molecule has 2 aromatic heterocycles. The highest BCUT2D eigenvalue weighted by molar-refractivity contribution is 6.03. The fourth-order valence-corrected chi connectivity index (χ4v) is 4.30. The normalized spacial score (nSPS) is 19.9. The number of anilines is 1. The van der Waals surface area contributed by atoms with Crippen molar-refractivity contribution in [2.75, 3.05) is 18.5 Å². The first-order chi connectivity index (χ1) is 19.2. The fourth-order valence-electron chi connectivity index (χ4n) is 4.30. The van der Waals surface area contributed by atoms with E-state index in [-0.39, 0.29) is 23.7 Å². The maximum atomic E-state index is 14.3. The molecule has 1 aliphatic rings. The van der Waals surface area contributed by atoms with E-state index >= 15 is 0 Å². The van der Waals surface area contributed by atoms with Crippen LogP contribution in [0.1, 0.15) is 91.8 Å². The van der Waals surface area contributed by atoms with Crippen LogP contribution in [0.5, 0.6) is 0 Å². The molecule has 0 bridgehead atoms. The highest BCUT2D eigenvalue weighted by Gasteiger charge is 2.59. The lowest BCUT2D eigenvalue weighted by molar-refractivity contribution is -0.140. The molecule has 220 valence electrons. The summed E-state index contributed by atoms with van der Waals surface area (Å²) in [6.45, 7) is 1.58. The van der Waals surface area contributed by atoms with Gasteiger partial charge in [0.1, 0.15) is 17.6 Å². The number of aliphatic hydroxyl groups excluding tert-OH is 2. The first-order valence-corrected chi connectivity index (χ1v) is 13.5. The zero-order valence-electron chi connectivity index (χ0n) is 22.4. The summed E-state index contributed by atoms with van der Waals surface area (Å²) >= 11 is 0. The Kier molecular flexibility index (Phi) is 11.6. The number of carbonyl (C=O) groups excluding carboxylic acids is 2. The quantitative estimate of drug-likeness (QED) is 0.217. The Morgan fingerprint density at radius 2 is 1.80 bits per heavy atom. The number of amides is 1. The SMILES string of the molecule is CCCCCCCCCCCOC(=O)c1ccnc(C(=O)Nc2ccn([C@@H]3O[C@H](CO)[C@@H](O)C3(F)F)c(=O)n2)c1. The van der Waals surface area contributed by atoms with E-state index in [4.69, 9.17) is 14.6 Å². The minimum Gasteiger partial charge on any atom is -0.462 e. The summed E-state index contributed by atoms with van der Waals surface area (Å²) in [5, 5.41) is 21.1. The smallest absolute Gasteiger partial charge is 0.351 e. The summed E-state index contributed by atoms with van der Waals surface area (Å²) in [6.07, 6.45) is 6.30. The monoisotopic (exact) mass is 566 g/mol. The molecule has 3 rings (SSSR count). The lowest BCUT2D eigenvalue weighted by Gasteiger charge is -2.21. The maximum Gasteiger partial charge on any atom is 0.351 e. The molecule has 0 spiro atoms. The van der Waals surface area contributed by atoms with Crippen molar-refractivity contribution < 1.29 is 38.1 Å². The van der Waals surface area contributed by atoms with Gasteiger partial charge in [0.2, 0.25) is 6.23 Å². The van der Waals surface area contributed by atoms with Crippen LogP contribution < -0.4 is 11.0 Å². The van der Waals surface area contributed by atoms with Crippen LogP contribution in [0, 0.1) is 0 Å². The van der Waals surface area contributed by atoms with E-state index in [2.05, 4.69) is 22.2 Å². The maximum absolute atomic E-state index is 14.3. The lowest BCUT2D eigenvalue weighted by atomic mass is 10.1. The highest BCUT2D eigenvalue weighted by Crippen LogP contribution is 2.42. The average molecular weight is 567 g/mol. The summed E-state index contributed by atoms with van der Waals surface area (Å²) in [5.41, 5.74) is -1.21. The minimum atomic E-state index is -3.86. The van der Waals surface area contributed by atoms with Crippen LogP contribution in [0.15, 0.2) is 35.4 Å². The highest BCUT2D eigenvalue weighted by atomic mass is 19.3. The third kappa shape index (κ3) is 8.12. The van der Waals surface area contributed by atoms with Crippen LogP contribution in [0.2, 0.25) is 0 Å². The summed E-state index contributed by atoms with van der Waals surface area (Å²) in [7, 11) is 0. The molecule has 13 heteroatoms. The summed E-state index contributed by atoms with van der Waals surface area (Å²) < 4.78 is 39.4. The van der Waals surface area contributed by atoms with Gasteiger partial charge in [-0.15, -0.1) is 0 Å². The third-order valence-electron chi connectivity index (χ3n) is 6.59. The summed E-state index contributed by atoms with van der Waals surface area (Å²) in [6, 6.07) is 3.73. The van der Waals surface area contributed by atoms with Gasteiger partial charge in [-0.25, -0.2) is 9.59 Å². The molecule has 3 atom stereocenters. The van der Waals surface area contributed by atoms with Crippen molar-refractivity contribution in [3.8, 4) is 0 Å². The van der Waals surface area contributed by atoms with Crippen molar-refractivity contribution in [1.29, 1.82) is 0 Å². The Labute approximate surface area is 230 Å². The molecule has 0 saturated carbocycles. The largest absolute Gasteiger partial charge is 0.462 e. The van der Waals surface area contributed by atoms with Gasteiger partial charge in [0.15, 0.2) is 6.10 Å². The van der Waals surface area contributed by atoms with Crippen molar-refractivity contribution in [3.63, 3.8) is 0 Å². The molecule has 0 unspecified atom stereocenters. The van der Waals surface area contributed by atoms with Gasteiger partial charge in [-0.1, -0.05) is 58.3 Å². The number of pyridine rings is 1. The molecular weight excluding hydrogens is 530 g/mol. The van der Waals surface area contributed by atoms with Gasteiger partial charge in [0.05, 0.1) is 18.8 Å². The average Bonchev–Trinajstić information content (AvgIpc) is 3.17. The van der Waals surface area contributed by atoms with Crippen LogP contribution >= 0.6 is 0 Å². The molecule has 1 fully saturated rings. The van der Waals surface area contributed by atoms with Gasteiger partial charge in [0.25, 0.3) is 5.91 Å². The second-order valence-corrected chi connectivity index (χ2v) is 9.68. The molecule has 0 radical (unpaired) electrons. The number of nitrogens with zero attached hydrogens (tertiary/aromatic N) is 3. The van der Waals surface area contributed by atoms with Crippen molar-refractivity contribution in [3.05, 3.63) is 52.3 Å². The number of aliphatic hydroxyl groups is 2. The van der Waals surface area contributed by atoms with E-state index < -0.39 is 48.5 Å². The standard InChI is InChI=1S/C27H36F2N4O7/c1-2-3-4-5-6-7-8-9-10-15-39-24(37)18-11-13-30-19(16-18)23(36)31-21-12-14-33(26(38)32-21)25-27(28,29)22(35)20(17-34)40-25/h11-14,16,20,22,25,34-35H,2-10,15,17H2,1H3,(H,31,32,36,38)/t20-,22-,25-/m1/s1. The first-order valence-electron chi connectivity index (χ1n) is 13.5. The first kappa shape index (κ1) is 31.2. The predicted octanol–water partition coefficient (Wildman–Crippen LogP) is 3.46. The predicted molar refractivity (Wildman–Crippen MR) is 140 cm³/mol. The van der Waals surface area contributed by atoms with Gasteiger partial charge in [-0.3, -0.25) is 14.3 Å². The Hall–Kier alpha value is -3.29. The molecule has 1 saturated heterocycles. The molecule has 11 nitrogen and oxygen atoms in total. The van der Waals surface area contributed by atoms with Crippen molar-refractivity contribution in [2.24, 2.45) is 0 Å². The van der Waals surface area contributed by atoms with E-state index in [9.17, 15) is 28.3 Å². The van der Waals surface area contributed by atoms with Gasteiger partial charge in [0, 0.05) is 12.4 Å². The van der Waals surface area contributed by atoms with Crippen LogP contribution in [-0.4, -0.2) is 68.0 Å². The molecule has 2 aromatic rings. The zero-order valence-corrected chi connectivity index (χ0v) is 22.4. The van der Waals surface area contributed by atoms with Gasteiger partial charge < -0.3 is 25.0 Å². The van der Waals surface area contributed by atoms with Crippen LogP contribution in [0.3, 0.4) is 0 Å². The fraction of sp³-hybridized carbons (Fsp3) is 0.593. The Morgan fingerprint density at radius 3 is 2.42 bits per heavy atom. The number of unbranched alkanes of at least 4 members (excludes halogenated alkanes) is 8. The van der Waals surface area contributed by atoms with Gasteiger partial charge in [-0.2, -0.15) is 13.8 Å². The minimum absolute atomic E-state index is 0.122. The number of alkyl halides is 2. The number of hydrogen-bond donors (Lipinski definition) is 3. The molecule has 1 amide bonds. The van der Waals surface area contributed by atoms with Crippen molar-refractivity contribution >= 4 is 17.7 Å². The zero-order chi connectivity index (χ0) is 29.1. The molecule has 1 aliphatic heterocycles. The van der Waals surface area contributed by atoms with E-state index in [0.717, 1.165) is 31.5 Å². The van der Waals surface area contributed by atoms with E-state index in [1.54, 1.807) is 0 Å². The molecule has 3 heterocycles. The number of ether oxygens (including phenoxy) is 2. The van der Waals surface area contributed by atoms with Crippen LogP contribution in [0.4, 0.5) is 14.6 Å². The molecule has 0 aliphatic carbocycles. The number of esters is 1. The number of nitrogens with one attached hydrogen (secondary N) is 1. The topological polar surface area (TPSA) is 153 Å². The number of rotatable bonds is 15. The van der Waals surface area contributed by atoms with E-state index in [0.29, 0.717) is 4.57 Å². The van der Waals surface area contributed by atoms with Crippen molar-refractivity contribution in [2.45, 2.75) is 89.1 Å². The van der Waals surface area contributed by atoms with E-state index in [1.807, 2.05) is 0 Å². The third-order valence-corrected chi connectivity index (χ3v) is 6.59. The summed E-state index contributed by atoms with van der Waals surface area (Å²) in [5.74, 6) is -5.52. The van der Waals surface area contributed by atoms with Gasteiger partial charge in [-0.05, 0) is 24.6 Å². The number of carbonyl (C=O) groups is 2. The molecular formula is C27H36F2N4O7. The van der Waals surface area contributed by atoms with Crippen LogP contribution in [0.25, 0.3) is 0 Å². The van der Waals surface area contributed by atoms with Gasteiger partial charge >= 0.3 is 17.6 Å². The number of halogens is 2. The Morgan fingerprint density at radius 1 is 1.12 bits per heavy atom. The molecule has 0 aromatic carbocycles. The Bertz CT molecular complexity index is 1190.